The van der Waals surface area contributed by atoms with Crippen molar-refractivity contribution >= 4 is 50.7 Å². The van der Waals surface area contributed by atoms with E-state index in [2.05, 4.69) is 5.32 Å². The average Bonchev–Trinajstić information content (AvgIpc) is 2.87. The molecule has 0 fully saturated rings. The predicted molar refractivity (Wildman–Crippen MR) is 143 cm³/mol. The predicted octanol–water partition coefficient (Wildman–Crippen LogP) is 4.66. The van der Waals surface area contributed by atoms with Gasteiger partial charge >= 0.3 is 0 Å². The van der Waals surface area contributed by atoms with Crippen molar-refractivity contribution in [1.29, 1.82) is 0 Å². The largest absolute Gasteiger partial charge is 0.357 e. The van der Waals surface area contributed by atoms with Crippen LogP contribution in [0, 0.1) is 6.92 Å². The van der Waals surface area contributed by atoms with E-state index < -0.39 is 28.5 Å². The molecule has 0 aliphatic carbocycles. The van der Waals surface area contributed by atoms with Gasteiger partial charge in [-0.15, -0.1) is 0 Å². The zero-order valence-corrected chi connectivity index (χ0v) is 22.4. The zero-order valence-electron chi connectivity index (χ0n) is 20.1. The van der Waals surface area contributed by atoms with Gasteiger partial charge in [0.2, 0.25) is 11.8 Å². The van der Waals surface area contributed by atoms with Crippen LogP contribution in [0.4, 0.5) is 5.69 Å². The third kappa shape index (κ3) is 6.37. The van der Waals surface area contributed by atoms with E-state index in [-0.39, 0.29) is 23.0 Å². The number of benzene rings is 3. The highest BCUT2D eigenvalue weighted by Crippen LogP contribution is 2.30. The standard InChI is InChI=1S/C26H27Cl2N3O4S/c1-18-9-12-22(28)15-24(18)31(36(34,35)23-7-5-4-6-8-23)17-25(32)30(19(2)26(33)29-3)16-20-10-13-21(27)14-11-20/h4-15,19H,16-17H2,1-3H3,(H,29,33)/t19-/m1/s1. The molecule has 0 aliphatic heterocycles. The van der Waals surface area contributed by atoms with E-state index in [1.807, 2.05) is 0 Å². The molecule has 1 N–H and O–H groups in total. The zero-order chi connectivity index (χ0) is 26.5. The van der Waals surface area contributed by atoms with Crippen LogP contribution in [0.15, 0.2) is 77.7 Å². The molecule has 0 heterocycles. The Balaban J connectivity index is 2.06. The minimum absolute atomic E-state index is 0.0285. The van der Waals surface area contributed by atoms with Gasteiger partial charge in [-0.25, -0.2) is 8.42 Å². The lowest BCUT2D eigenvalue weighted by molar-refractivity contribution is -0.139. The van der Waals surface area contributed by atoms with Crippen molar-refractivity contribution in [3.63, 3.8) is 0 Å². The summed E-state index contributed by atoms with van der Waals surface area (Å²) in [5, 5.41) is 3.41. The molecular weight excluding hydrogens is 521 g/mol. The highest BCUT2D eigenvalue weighted by Gasteiger charge is 2.33. The first-order valence-electron chi connectivity index (χ1n) is 11.1. The first kappa shape index (κ1) is 27.5. The summed E-state index contributed by atoms with van der Waals surface area (Å²) in [6.45, 7) is 2.88. The smallest absolute Gasteiger partial charge is 0.264 e. The normalized spacial score (nSPS) is 12.0. The van der Waals surface area contributed by atoms with E-state index in [1.54, 1.807) is 68.4 Å². The maximum absolute atomic E-state index is 13.7. The number of carbonyl (C=O) groups excluding carboxylic acids is 2. The fraction of sp³-hybridized carbons (Fsp3) is 0.231. The Hall–Kier alpha value is -3.07. The van der Waals surface area contributed by atoms with Crippen molar-refractivity contribution in [2.75, 3.05) is 17.9 Å². The summed E-state index contributed by atoms with van der Waals surface area (Å²) in [7, 11) is -2.67. The number of amides is 2. The van der Waals surface area contributed by atoms with Crippen LogP contribution in [0.1, 0.15) is 18.1 Å². The number of hydrogen-bond donors (Lipinski definition) is 1. The van der Waals surface area contributed by atoms with Gasteiger partial charge in [-0.2, -0.15) is 0 Å². The van der Waals surface area contributed by atoms with Gasteiger partial charge < -0.3 is 10.2 Å². The SMILES string of the molecule is CNC(=O)[C@@H](C)N(Cc1ccc(Cl)cc1)C(=O)CN(c1cc(Cl)ccc1C)S(=O)(=O)c1ccccc1. The Kier molecular flexibility index (Phi) is 9.00. The fourth-order valence-corrected chi connectivity index (χ4v) is 5.45. The lowest BCUT2D eigenvalue weighted by Crippen LogP contribution is -2.50. The maximum atomic E-state index is 13.7. The van der Waals surface area contributed by atoms with Gasteiger partial charge in [-0.05, 0) is 61.4 Å². The number of anilines is 1. The molecule has 3 aromatic rings. The molecule has 1 atom stereocenters. The molecule has 3 rings (SSSR count). The number of nitrogens with one attached hydrogen (secondary N) is 1. The topological polar surface area (TPSA) is 86.8 Å². The van der Waals surface area contributed by atoms with Gasteiger partial charge in [0.15, 0.2) is 0 Å². The second-order valence-electron chi connectivity index (χ2n) is 8.19. The third-order valence-corrected chi connectivity index (χ3v) is 7.99. The lowest BCUT2D eigenvalue weighted by atomic mass is 10.1. The van der Waals surface area contributed by atoms with Crippen LogP contribution < -0.4 is 9.62 Å². The van der Waals surface area contributed by atoms with Gasteiger partial charge in [0.05, 0.1) is 10.6 Å². The summed E-state index contributed by atoms with van der Waals surface area (Å²) in [6, 6.07) is 18.7. The Bertz CT molecular complexity index is 1330. The highest BCUT2D eigenvalue weighted by atomic mass is 35.5. The second-order valence-corrected chi connectivity index (χ2v) is 10.9. The molecule has 0 aromatic heterocycles. The second kappa shape index (κ2) is 11.8. The van der Waals surface area contributed by atoms with Crippen molar-refractivity contribution in [1.82, 2.24) is 10.2 Å². The van der Waals surface area contributed by atoms with E-state index in [0.29, 0.717) is 15.6 Å². The van der Waals surface area contributed by atoms with Crippen LogP contribution in [0.25, 0.3) is 0 Å². The molecule has 0 radical (unpaired) electrons. The van der Waals surface area contributed by atoms with Crippen LogP contribution in [-0.2, 0) is 26.2 Å². The molecule has 36 heavy (non-hydrogen) atoms. The van der Waals surface area contributed by atoms with Gasteiger partial charge in [0, 0.05) is 23.6 Å². The molecule has 2 amide bonds. The molecule has 190 valence electrons. The average molecular weight is 548 g/mol. The lowest BCUT2D eigenvalue weighted by Gasteiger charge is -2.32. The van der Waals surface area contributed by atoms with E-state index >= 15 is 0 Å². The Labute approximate surface area is 221 Å². The van der Waals surface area contributed by atoms with Gasteiger partial charge in [-0.3, -0.25) is 13.9 Å². The monoisotopic (exact) mass is 547 g/mol. The quantitative estimate of drug-likeness (QED) is 0.422. The first-order valence-corrected chi connectivity index (χ1v) is 13.3. The number of halogens is 2. The molecule has 10 heteroatoms. The van der Waals surface area contributed by atoms with Gasteiger partial charge in [-0.1, -0.05) is 59.6 Å². The molecule has 0 aliphatic rings. The molecule has 0 saturated carbocycles. The van der Waals surface area contributed by atoms with Crippen LogP contribution >= 0.6 is 23.2 Å². The molecule has 3 aromatic carbocycles. The van der Waals surface area contributed by atoms with Gasteiger partial charge in [0.1, 0.15) is 12.6 Å². The summed E-state index contributed by atoms with van der Waals surface area (Å²) in [5.74, 6) is -0.936. The molecule has 0 spiro atoms. The molecule has 0 saturated heterocycles. The Morgan fingerprint density at radius 2 is 1.56 bits per heavy atom. The highest BCUT2D eigenvalue weighted by molar-refractivity contribution is 7.92. The minimum Gasteiger partial charge on any atom is -0.357 e. The minimum atomic E-state index is -4.14. The molecule has 0 unspecified atom stereocenters. The summed E-state index contributed by atoms with van der Waals surface area (Å²) in [5.41, 5.74) is 1.63. The maximum Gasteiger partial charge on any atom is 0.264 e. The summed E-state index contributed by atoms with van der Waals surface area (Å²) >= 11 is 12.2. The molecular formula is C26H27Cl2N3O4S. The van der Waals surface area contributed by atoms with Gasteiger partial charge in [0.25, 0.3) is 10.0 Å². The van der Waals surface area contributed by atoms with Crippen molar-refractivity contribution in [3.8, 4) is 0 Å². The van der Waals surface area contributed by atoms with E-state index in [0.717, 1.165) is 9.87 Å². The van der Waals surface area contributed by atoms with Crippen LogP contribution in [-0.4, -0.2) is 44.8 Å². The van der Waals surface area contributed by atoms with Crippen LogP contribution in [0.5, 0.6) is 0 Å². The molecule has 7 nitrogen and oxygen atoms in total. The van der Waals surface area contributed by atoms with E-state index in [4.69, 9.17) is 23.2 Å². The Morgan fingerprint density at radius 1 is 0.944 bits per heavy atom. The van der Waals surface area contributed by atoms with Crippen molar-refractivity contribution < 1.29 is 18.0 Å². The summed E-state index contributed by atoms with van der Waals surface area (Å²) in [4.78, 5) is 27.6. The van der Waals surface area contributed by atoms with Crippen LogP contribution in [0.2, 0.25) is 10.0 Å². The summed E-state index contributed by atoms with van der Waals surface area (Å²) in [6.07, 6.45) is 0. The fourth-order valence-electron chi connectivity index (χ4n) is 3.66. The van der Waals surface area contributed by atoms with Crippen LogP contribution in [0.3, 0.4) is 0 Å². The summed E-state index contributed by atoms with van der Waals surface area (Å²) < 4.78 is 28.5. The number of sulfonamides is 1. The number of likely N-dealkylation sites (N-methyl/N-ethyl adjacent to an activating group) is 1. The third-order valence-electron chi connectivity index (χ3n) is 5.73. The van der Waals surface area contributed by atoms with E-state index in [9.17, 15) is 18.0 Å². The number of hydrogen-bond acceptors (Lipinski definition) is 4. The van der Waals surface area contributed by atoms with Crippen molar-refractivity contribution in [2.24, 2.45) is 0 Å². The number of aryl methyl sites for hydroxylation is 1. The number of carbonyl (C=O) groups is 2. The number of nitrogens with zero attached hydrogens (tertiary/aromatic N) is 2. The number of rotatable bonds is 9. The Morgan fingerprint density at radius 3 is 2.17 bits per heavy atom. The first-order chi connectivity index (χ1) is 17.0. The molecule has 0 bridgehead atoms. The van der Waals surface area contributed by atoms with Crippen molar-refractivity contribution in [2.45, 2.75) is 31.3 Å². The van der Waals surface area contributed by atoms with Crippen molar-refractivity contribution in [3.05, 3.63) is 94.0 Å². The van der Waals surface area contributed by atoms with E-state index in [1.165, 1.54) is 30.1 Å².